The monoisotopic (exact) mass is 392 g/mol. The van der Waals surface area contributed by atoms with Crippen LogP contribution in [0.4, 0.5) is 0 Å². The maximum Gasteiger partial charge on any atom is 0.323 e. The van der Waals surface area contributed by atoms with Crippen LogP contribution in [-0.4, -0.2) is 36.9 Å². The molecule has 28 heavy (non-hydrogen) atoms. The number of hydrogen-bond acceptors (Lipinski definition) is 5. The van der Waals surface area contributed by atoms with Crippen LogP contribution >= 0.6 is 0 Å². The number of carbonyl (C=O) groups is 2. The maximum atomic E-state index is 12.8. The van der Waals surface area contributed by atoms with Gasteiger partial charge in [0, 0.05) is 6.61 Å². The van der Waals surface area contributed by atoms with Gasteiger partial charge < -0.3 is 14.6 Å². The van der Waals surface area contributed by atoms with Crippen LogP contribution in [0.5, 0.6) is 0 Å². The quantitative estimate of drug-likeness (QED) is 0.187. The zero-order valence-electron chi connectivity index (χ0n) is 17.6. The van der Waals surface area contributed by atoms with Crippen molar-refractivity contribution in [3.8, 4) is 0 Å². The predicted molar refractivity (Wildman–Crippen MR) is 110 cm³/mol. The topological polar surface area (TPSA) is 72.8 Å². The van der Waals surface area contributed by atoms with Crippen LogP contribution in [0.1, 0.15) is 52.9 Å². The second-order valence-corrected chi connectivity index (χ2v) is 7.44. The van der Waals surface area contributed by atoms with Gasteiger partial charge in [-0.2, -0.15) is 0 Å². The first-order valence-electron chi connectivity index (χ1n) is 10.4. The summed E-state index contributed by atoms with van der Waals surface area (Å²) in [5.41, 5.74) is -1.25. The molecular weight excluding hydrogens is 356 g/mol. The van der Waals surface area contributed by atoms with E-state index in [0.717, 1.165) is 19.3 Å². The lowest BCUT2D eigenvalue weighted by Gasteiger charge is -2.44. The van der Waals surface area contributed by atoms with E-state index in [1.165, 1.54) is 0 Å². The van der Waals surface area contributed by atoms with Crippen LogP contribution in [-0.2, 0) is 19.1 Å². The fraction of sp³-hybridized carbons (Fsp3) is 0.652. The zero-order chi connectivity index (χ0) is 21.0. The van der Waals surface area contributed by atoms with E-state index in [1.807, 2.05) is 24.3 Å². The van der Waals surface area contributed by atoms with E-state index < -0.39 is 17.4 Å². The highest BCUT2D eigenvalue weighted by Crippen LogP contribution is 2.49. The fourth-order valence-electron chi connectivity index (χ4n) is 4.12. The molecule has 0 radical (unpaired) electrons. The summed E-state index contributed by atoms with van der Waals surface area (Å²) in [6.45, 7) is 10.1. The molecule has 3 atom stereocenters. The van der Waals surface area contributed by atoms with Crippen LogP contribution in [0.2, 0.25) is 0 Å². The molecule has 0 saturated heterocycles. The normalized spacial score (nSPS) is 24.4. The number of aliphatic hydroxyl groups excluding tert-OH is 1. The number of carbonyl (C=O) groups excluding carboxylic acids is 2. The molecule has 0 aromatic heterocycles. The lowest BCUT2D eigenvalue weighted by molar-refractivity contribution is -0.178. The summed E-state index contributed by atoms with van der Waals surface area (Å²) in [7, 11) is 0. The van der Waals surface area contributed by atoms with E-state index in [9.17, 15) is 9.59 Å². The van der Waals surface area contributed by atoms with Crippen LogP contribution in [0, 0.1) is 23.2 Å². The van der Waals surface area contributed by atoms with Crippen molar-refractivity contribution in [2.75, 3.05) is 19.8 Å². The van der Waals surface area contributed by atoms with Gasteiger partial charge in [-0.25, -0.2) is 0 Å². The molecule has 158 valence electrons. The number of unbranched alkanes of at least 4 members (excludes halogenated alkanes) is 1. The van der Waals surface area contributed by atoms with Gasteiger partial charge in [0.15, 0.2) is 5.41 Å². The predicted octanol–water partition coefficient (Wildman–Crippen LogP) is 4.22. The van der Waals surface area contributed by atoms with Crippen molar-refractivity contribution in [3.63, 3.8) is 0 Å². The molecule has 1 aliphatic rings. The molecule has 0 bridgehead atoms. The third-order valence-corrected chi connectivity index (χ3v) is 5.44. The van der Waals surface area contributed by atoms with E-state index in [2.05, 4.69) is 19.6 Å². The van der Waals surface area contributed by atoms with Crippen molar-refractivity contribution >= 4 is 11.9 Å². The minimum absolute atomic E-state index is 0.0399. The van der Waals surface area contributed by atoms with Gasteiger partial charge in [-0.1, -0.05) is 37.3 Å². The minimum atomic E-state index is -1.25. The molecule has 0 aromatic carbocycles. The largest absolute Gasteiger partial charge is 0.465 e. The average molecular weight is 393 g/mol. The molecule has 0 aliphatic heterocycles. The standard InChI is InChI=1S/C23H36O5/c1-5-13-20-18(4)16-23(21(25)27-6-2,22(26)28-7-3)17-19(20)14-11-9-8-10-12-15-24/h5,8-9,11,14,18-20,24H,1,6-7,10,12-13,15-17H2,2-4H3/b9-8+,14-11+/t18-,19+,20+/m0/s1. The summed E-state index contributed by atoms with van der Waals surface area (Å²) in [5.74, 6) is -0.466. The Hall–Kier alpha value is -1.88. The number of esters is 2. The second kappa shape index (κ2) is 12.6. The molecule has 1 fully saturated rings. The van der Waals surface area contributed by atoms with Gasteiger partial charge in [-0.15, -0.1) is 6.58 Å². The van der Waals surface area contributed by atoms with E-state index in [0.29, 0.717) is 18.8 Å². The smallest absolute Gasteiger partial charge is 0.323 e. The SMILES string of the molecule is C=CC[C@H]1[C@H](/C=C/C=C/CCCO)CC(C(=O)OCC)(C(=O)OCC)C[C@@H]1C. The van der Waals surface area contributed by atoms with Gasteiger partial charge >= 0.3 is 11.9 Å². The highest BCUT2D eigenvalue weighted by molar-refractivity contribution is 6.00. The molecule has 0 unspecified atom stereocenters. The van der Waals surface area contributed by atoms with E-state index >= 15 is 0 Å². The van der Waals surface area contributed by atoms with Crippen molar-refractivity contribution in [2.24, 2.45) is 23.2 Å². The van der Waals surface area contributed by atoms with E-state index in [4.69, 9.17) is 14.6 Å². The molecule has 0 amide bonds. The first-order chi connectivity index (χ1) is 13.5. The summed E-state index contributed by atoms with van der Waals surface area (Å²) in [5, 5.41) is 8.85. The first-order valence-corrected chi connectivity index (χ1v) is 10.4. The summed E-state index contributed by atoms with van der Waals surface area (Å²) < 4.78 is 10.6. The number of hydrogen-bond donors (Lipinski definition) is 1. The molecule has 5 heteroatoms. The Balaban J connectivity index is 3.14. The lowest BCUT2D eigenvalue weighted by Crippen LogP contribution is -2.49. The van der Waals surface area contributed by atoms with Crippen LogP contribution in [0.15, 0.2) is 37.0 Å². The molecule has 0 spiro atoms. The molecular formula is C23H36O5. The van der Waals surface area contributed by atoms with Gasteiger partial charge in [-0.05, 0) is 63.7 Å². The van der Waals surface area contributed by atoms with Crippen molar-refractivity contribution in [1.29, 1.82) is 0 Å². The summed E-state index contributed by atoms with van der Waals surface area (Å²) >= 11 is 0. The summed E-state index contributed by atoms with van der Waals surface area (Å²) in [4.78, 5) is 25.7. The molecule has 1 N–H and O–H groups in total. The third kappa shape index (κ3) is 6.33. The van der Waals surface area contributed by atoms with Crippen molar-refractivity contribution in [3.05, 3.63) is 37.0 Å². The lowest BCUT2D eigenvalue weighted by atomic mass is 9.60. The molecule has 1 saturated carbocycles. The number of rotatable bonds is 11. The van der Waals surface area contributed by atoms with Crippen molar-refractivity contribution in [1.82, 2.24) is 0 Å². The van der Waals surface area contributed by atoms with Gasteiger partial charge in [-0.3, -0.25) is 9.59 Å². The molecule has 1 rings (SSSR count). The van der Waals surface area contributed by atoms with Gasteiger partial charge in [0.2, 0.25) is 0 Å². The second-order valence-electron chi connectivity index (χ2n) is 7.44. The first kappa shape index (κ1) is 24.2. The number of ether oxygens (including phenoxy) is 2. The van der Waals surface area contributed by atoms with E-state index in [-0.39, 0.29) is 31.7 Å². The Bertz CT molecular complexity index is 545. The van der Waals surface area contributed by atoms with Crippen LogP contribution < -0.4 is 0 Å². The molecule has 0 aromatic rings. The highest BCUT2D eigenvalue weighted by atomic mass is 16.6. The number of allylic oxidation sites excluding steroid dienone is 5. The minimum Gasteiger partial charge on any atom is -0.465 e. The molecule has 1 aliphatic carbocycles. The molecule has 0 heterocycles. The van der Waals surface area contributed by atoms with Crippen molar-refractivity contribution < 1.29 is 24.2 Å². The van der Waals surface area contributed by atoms with Crippen molar-refractivity contribution in [2.45, 2.75) is 52.9 Å². The Morgan fingerprint density at radius 1 is 1.14 bits per heavy atom. The Kier molecular flexibility index (Phi) is 10.8. The van der Waals surface area contributed by atoms with E-state index in [1.54, 1.807) is 13.8 Å². The zero-order valence-corrected chi connectivity index (χ0v) is 17.6. The van der Waals surface area contributed by atoms with Gasteiger partial charge in [0.05, 0.1) is 13.2 Å². The maximum absolute atomic E-state index is 12.8. The Labute approximate surface area is 169 Å². The Morgan fingerprint density at radius 3 is 2.32 bits per heavy atom. The number of aliphatic hydroxyl groups is 1. The molecule has 5 nitrogen and oxygen atoms in total. The highest BCUT2D eigenvalue weighted by Gasteiger charge is 2.55. The van der Waals surface area contributed by atoms with Crippen LogP contribution in [0.3, 0.4) is 0 Å². The third-order valence-electron chi connectivity index (χ3n) is 5.44. The fourth-order valence-corrected chi connectivity index (χ4v) is 4.12. The Morgan fingerprint density at radius 2 is 1.79 bits per heavy atom. The van der Waals surface area contributed by atoms with Crippen LogP contribution in [0.25, 0.3) is 0 Å². The van der Waals surface area contributed by atoms with Gasteiger partial charge in [0.1, 0.15) is 0 Å². The van der Waals surface area contributed by atoms with Gasteiger partial charge in [0.25, 0.3) is 0 Å². The summed E-state index contributed by atoms with van der Waals surface area (Å²) in [6, 6.07) is 0. The summed E-state index contributed by atoms with van der Waals surface area (Å²) in [6.07, 6.45) is 13.1. The average Bonchev–Trinajstić information content (AvgIpc) is 2.67.